The molecule has 3 unspecified atom stereocenters. The zero-order valence-corrected chi connectivity index (χ0v) is 20.1. The van der Waals surface area contributed by atoms with E-state index in [1.807, 2.05) is 0 Å². The van der Waals surface area contributed by atoms with E-state index in [2.05, 4.69) is 20.8 Å². The Hall–Kier alpha value is 0.628. The Morgan fingerprint density at radius 2 is 0.636 bits per heavy atom. The fourth-order valence-corrected chi connectivity index (χ4v) is 25.4. The van der Waals surface area contributed by atoms with Crippen LogP contribution in [-0.4, -0.2) is 79.3 Å². The van der Waals surface area contributed by atoms with Gasteiger partial charge in [-0.1, -0.05) is 20.8 Å². The second-order valence-electron chi connectivity index (χ2n) is 5.67. The molecule has 0 heterocycles. The molecule has 0 aliphatic heterocycles. The lowest BCUT2D eigenvalue weighted by Crippen LogP contribution is -2.49. The largest absolute Gasteiger partial charge is 0.400 e. The first-order chi connectivity index (χ1) is 10.4. The second kappa shape index (κ2) is 12.1. The molecule has 0 aromatic rings. The van der Waals surface area contributed by atoms with Gasteiger partial charge in [0.25, 0.3) is 0 Å². The van der Waals surface area contributed by atoms with Gasteiger partial charge in [0.15, 0.2) is 0 Å². The van der Waals surface area contributed by atoms with Crippen LogP contribution >= 0.6 is 0 Å². The van der Waals surface area contributed by atoms with Gasteiger partial charge in [0, 0.05) is 42.7 Å². The van der Waals surface area contributed by atoms with Crippen LogP contribution in [0.1, 0.15) is 20.8 Å². The predicted molar refractivity (Wildman–Crippen MR) is 98.9 cm³/mol. The third-order valence-electron chi connectivity index (χ3n) is 4.50. The van der Waals surface area contributed by atoms with Crippen molar-refractivity contribution in [3.63, 3.8) is 0 Å². The molecule has 3 atom stereocenters. The van der Waals surface area contributed by atoms with Crippen LogP contribution in [0.5, 0.6) is 0 Å². The van der Waals surface area contributed by atoms with Gasteiger partial charge < -0.3 is 26.6 Å². The highest BCUT2D eigenvalue weighted by atomic mass is 28.4. The molecular formula is C12H34O6Si4. The van der Waals surface area contributed by atoms with Gasteiger partial charge in [-0.05, 0) is 15.5 Å². The molecule has 0 aliphatic carbocycles. The summed E-state index contributed by atoms with van der Waals surface area (Å²) < 4.78 is 33.9. The van der Waals surface area contributed by atoms with Gasteiger partial charge in [-0.3, -0.25) is 0 Å². The normalized spacial score (nSPS) is 18.0. The topological polar surface area (TPSA) is 55.4 Å². The van der Waals surface area contributed by atoms with E-state index in [4.69, 9.17) is 26.6 Å². The number of hydrogen-bond acceptors (Lipinski definition) is 6. The van der Waals surface area contributed by atoms with Crippen molar-refractivity contribution in [3.05, 3.63) is 0 Å². The molecule has 0 aromatic carbocycles. The number of hydrogen-bond donors (Lipinski definition) is 0. The number of rotatable bonds is 12. The molecule has 0 aromatic heterocycles. The Morgan fingerprint density at radius 3 is 0.773 bits per heavy atom. The average Bonchev–Trinajstić information content (AvgIpc) is 2.51. The van der Waals surface area contributed by atoms with Crippen LogP contribution in [0.4, 0.5) is 0 Å². The Kier molecular flexibility index (Phi) is 12.4. The third-order valence-corrected chi connectivity index (χ3v) is 20.3. The van der Waals surface area contributed by atoms with Crippen LogP contribution in [-0.2, 0) is 26.6 Å². The standard InChI is InChI=1S/C12H34O6Si4/c1-10(20(13-4)14-5)19(11(2)21(15-6)16-7)12(3)22(17-8)18-9/h10-12,19-22H,1-9H3. The fraction of sp³-hybridized carbons (Fsp3) is 1.00. The molecule has 0 radical (unpaired) electrons. The van der Waals surface area contributed by atoms with Crippen LogP contribution in [0, 0.1) is 0 Å². The first-order valence-corrected chi connectivity index (χ1v) is 14.4. The van der Waals surface area contributed by atoms with Gasteiger partial charge in [-0.15, -0.1) is 0 Å². The van der Waals surface area contributed by atoms with Crippen LogP contribution in [0.15, 0.2) is 0 Å². The van der Waals surface area contributed by atoms with Gasteiger partial charge >= 0.3 is 27.9 Å². The zero-order valence-electron chi connectivity index (χ0n) is 15.5. The molecule has 0 fully saturated rings. The summed E-state index contributed by atoms with van der Waals surface area (Å²) in [6.45, 7) is 6.80. The summed E-state index contributed by atoms with van der Waals surface area (Å²) in [5.74, 6) is 0. The lowest BCUT2D eigenvalue weighted by atomic mass is 10.9. The molecule has 6 nitrogen and oxygen atoms in total. The minimum Gasteiger partial charge on any atom is -0.400 e. The average molecular weight is 387 g/mol. The molecule has 0 rings (SSSR count). The Morgan fingerprint density at radius 1 is 0.455 bits per heavy atom. The SMILES string of the molecule is CO[SiH](OC)C(C)[SiH](C(C)[SiH](OC)OC)C(C)[SiH](OC)OC. The lowest BCUT2D eigenvalue weighted by Gasteiger charge is -2.38. The molecule has 0 saturated heterocycles. The summed E-state index contributed by atoms with van der Waals surface area (Å²) in [7, 11) is 4.05. The highest BCUT2D eigenvalue weighted by Gasteiger charge is 2.44. The summed E-state index contributed by atoms with van der Waals surface area (Å²) in [5.41, 5.74) is 0. The van der Waals surface area contributed by atoms with Crippen LogP contribution < -0.4 is 0 Å². The first kappa shape index (κ1) is 22.6. The highest BCUT2D eigenvalue weighted by Crippen LogP contribution is 2.36. The van der Waals surface area contributed by atoms with Crippen molar-refractivity contribution in [1.82, 2.24) is 0 Å². The van der Waals surface area contributed by atoms with E-state index < -0.39 is 36.6 Å². The van der Waals surface area contributed by atoms with Gasteiger partial charge in [-0.2, -0.15) is 0 Å². The molecule has 134 valence electrons. The summed E-state index contributed by atoms with van der Waals surface area (Å²) in [6, 6.07) is 0. The van der Waals surface area contributed by atoms with E-state index in [0.29, 0.717) is 15.5 Å². The van der Waals surface area contributed by atoms with Crippen molar-refractivity contribution in [2.24, 2.45) is 0 Å². The Labute approximate surface area is 142 Å². The van der Waals surface area contributed by atoms with Gasteiger partial charge in [0.05, 0.1) is 8.80 Å². The summed E-state index contributed by atoms with van der Waals surface area (Å²) in [6.07, 6.45) is 0. The monoisotopic (exact) mass is 386 g/mol. The van der Waals surface area contributed by atoms with Crippen molar-refractivity contribution in [2.45, 2.75) is 36.3 Å². The van der Waals surface area contributed by atoms with E-state index in [-0.39, 0.29) is 0 Å². The molecule has 0 aliphatic rings. The van der Waals surface area contributed by atoms with Crippen LogP contribution in [0.25, 0.3) is 0 Å². The third kappa shape index (κ3) is 5.92. The molecule has 22 heavy (non-hydrogen) atoms. The van der Waals surface area contributed by atoms with E-state index in [1.54, 1.807) is 42.7 Å². The molecule has 0 amide bonds. The van der Waals surface area contributed by atoms with E-state index in [0.717, 1.165) is 0 Å². The van der Waals surface area contributed by atoms with Gasteiger partial charge in [-0.25, -0.2) is 0 Å². The van der Waals surface area contributed by atoms with E-state index in [9.17, 15) is 0 Å². The van der Waals surface area contributed by atoms with Crippen molar-refractivity contribution in [3.8, 4) is 0 Å². The van der Waals surface area contributed by atoms with Crippen molar-refractivity contribution >= 4 is 36.6 Å². The van der Waals surface area contributed by atoms with Crippen LogP contribution in [0.2, 0.25) is 15.5 Å². The van der Waals surface area contributed by atoms with Crippen molar-refractivity contribution in [1.29, 1.82) is 0 Å². The molecular weight excluding hydrogens is 352 g/mol. The molecule has 0 N–H and O–H groups in total. The zero-order chi connectivity index (χ0) is 17.3. The van der Waals surface area contributed by atoms with Crippen molar-refractivity contribution in [2.75, 3.05) is 42.7 Å². The second-order valence-corrected chi connectivity index (χ2v) is 20.5. The van der Waals surface area contributed by atoms with E-state index in [1.165, 1.54) is 0 Å². The van der Waals surface area contributed by atoms with Crippen LogP contribution in [0.3, 0.4) is 0 Å². The predicted octanol–water partition coefficient (Wildman–Crippen LogP) is 0.541. The maximum absolute atomic E-state index is 5.66. The highest BCUT2D eigenvalue weighted by molar-refractivity contribution is 6.89. The molecule has 0 bridgehead atoms. The van der Waals surface area contributed by atoms with Gasteiger partial charge in [0.1, 0.15) is 0 Å². The van der Waals surface area contributed by atoms with Gasteiger partial charge in [0.2, 0.25) is 0 Å². The quantitative estimate of drug-likeness (QED) is 0.456. The van der Waals surface area contributed by atoms with E-state index >= 15 is 0 Å². The maximum Gasteiger partial charge on any atom is 0.320 e. The minimum absolute atomic E-state index is 0.445. The minimum atomic E-state index is -1.70. The molecule has 0 saturated carbocycles. The Balaban J connectivity index is 5.45. The lowest BCUT2D eigenvalue weighted by molar-refractivity contribution is 0.267. The summed E-state index contributed by atoms with van der Waals surface area (Å²) >= 11 is 0. The Bertz CT molecular complexity index is 234. The summed E-state index contributed by atoms with van der Waals surface area (Å²) in [5, 5.41) is 1.33. The van der Waals surface area contributed by atoms with Crippen molar-refractivity contribution < 1.29 is 26.6 Å². The smallest absolute Gasteiger partial charge is 0.320 e. The molecule has 10 heteroatoms. The maximum atomic E-state index is 5.66. The summed E-state index contributed by atoms with van der Waals surface area (Å²) in [4.78, 5) is 0. The molecule has 0 spiro atoms. The fourth-order valence-electron chi connectivity index (χ4n) is 3.56. The first-order valence-electron chi connectivity index (χ1n) is 7.60.